The molecule has 7 nitrogen and oxygen atoms in total. The molecule has 7 heteroatoms. The van der Waals surface area contributed by atoms with Crippen LogP contribution in [0.25, 0.3) is 16.8 Å². The highest BCUT2D eigenvalue weighted by Gasteiger charge is 2.38. The topological polar surface area (TPSA) is 89.8 Å². The van der Waals surface area contributed by atoms with Crippen molar-refractivity contribution < 1.29 is 19.2 Å². The molecule has 0 aromatic heterocycles. The Hall–Kier alpha value is -4.26. The van der Waals surface area contributed by atoms with Crippen molar-refractivity contribution >= 4 is 40.1 Å². The summed E-state index contributed by atoms with van der Waals surface area (Å²) in [6.07, 6.45) is 1.69. The fourth-order valence-electron chi connectivity index (χ4n) is 3.75. The zero-order valence-corrected chi connectivity index (χ0v) is 16.9. The molecule has 0 atom stereocenters. The van der Waals surface area contributed by atoms with Crippen LogP contribution < -0.4 is 4.90 Å². The number of nitro benzene ring substituents is 1. The highest BCUT2D eigenvalue weighted by atomic mass is 16.6. The molecule has 3 aromatic rings. The number of carbonyl (C=O) groups is 2. The van der Waals surface area contributed by atoms with Gasteiger partial charge in [-0.1, -0.05) is 42.5 Å². The largest absolute Gasteiger partial charge is 0.465 e. The minimum atomic E-state index is -0.623. The second-order valence-corrected chi connectivity index (χ2v) is 6.99. The Bertz CT molecular complexity index is 1280. The van der Waals surface area contributed by atoms with Gasteiger partial charge in [0.25, 0.3) is 11.6 Å². The van der Waals surface area contributed by atoms with E-state index in [-0.39, 0.29) is 16.8 Å². The van der Waals surface area contributed by atoms with Gasteiger partial charge in [0, 0.05) is 23.5 Å². The molecule has 0 N–H and O–H groups in total. The van der Waals surface area contributed by atoms with E-state index >= 15 is 0 Å². The molecule has 3 aromatic carbocycles. The lowest BCUT2D eigenvalue weighted by Crippen LogP contribution is -2.24. The van der Waals surface area contributed by atoms with E-state index in [0.29, 0.717) is 11.4 Å². The zero-order chi connectivity index (χ0) is 22.1. The van der Waals surface area contributed by atoms with Crippen molar-refractivity contribution in [1.82, 2.24) is 0 Å². The van der Waals surface area contributed by atoms with Crippen molar-refractivity contribution in [2.45, 2.75) is 6.92 Å². The van der Waals surface area contributed by atoms with Crippen LogP contribution in [-0.4, -0.2) is 23.9 Å². The van der Waals surface area contributed by atoms with Gasteiger partial charge in [0.05, 0.1) is 23.2 Å². The van der Waals surface area contributed by atoms with E-state index in [1.165, 1.54) is 36.3 Å². The summed E-state index contributed by atoms with van der Waals surface area (Å²) in [4.78, 5) is 37.8. The van der Waals surface area contributed by atoms with Gasteiger partial charge in [-0.15, -0.1) is 0 Å². The summed E-state index contributed by atoms with van der Waals surface area (Å²) in [6, 6.07) is 19.1. The molecule has 1 heterocycles. The molecular weight excluding hydrogens is 396 g/mol. The number of amides is 1. The van der Waals surface area contributed by atoms with Crippen LogP contribution in [0.2, 0.25) is 0 Å². The fraction of sp³-hybridized carbons (Fsp3) is 0.0833. The number of ether oxygens (including phenoxy) is 1. The maximum Gasteiger partial charge on any atom is 0.340 e. The number of nitro groups is 1. The minimum absolute atomic E-state index is 0.0864. The van der Waals surface area contributed by atoms with Crippen LogP contribution in [0.1, 0.15) is 12.5 Å². The summed E-state index contributed by atoms with van der Waals surface area (Å²) in [5.74, 6) is -1.03. The van der Waals surface area contributed by atoms with Crippen molar-refractivity contribution in [3.8, 4) is 0 Å². The van der Waals surface area contributed by atoms with E-state index in [2.05, 4.69) is 0 Å². The number of anilines is 1. The number of fused-ring (bicyclic) bond motifs is 1. The molecule has 31 heavy (non-hydrogen) atoms. The number of rotatable bonds is 4. The molecule has 0 aliphatic carbocycles. The van der Waals surface area contributed by atoms with Crippen molar-refractivity contribution in [3.63, 3.8) is 0 Å². The lowest BCUT2D eigenvalue weighted by Gasteiger charge is -2.17. The first kappa shape index (κ1) is 20.0. The number of allylic oxidation sites excluding steroid dienone is 1. The first-order chi connectivity index (χ1) is 14.9. The molecule has 0 radical (unpaired) electrons. The van der Waals surface area contributed by atoms with Gasteiger partial charge >= 0.3 is 5.97 Å². The van der Waals surface area contributed by atoms with E-state index in [0.717, 1.165) is 16.3 Å². The van der Waals surface area contributed by atoms with Crippen molar-refractivity contribution in [2.24, 2.45) is 0 Å². The Kier molecular flexibility index (Phi) is 5.09. The highest BCUT2D eigenvalue weighted by molar-refractivity contribution is 6.24. The minimum Gasteiger partial charge on any atom is -0.465 e. The Balaban J connectivity index is 1.86. The first-order valence-corrected chi connectivity index (χ1v) is 9.50. The number of hydrogen-bond acceptors (Lipinski definition) is 5. The molecular formula is C24H18N2O5. The van der Waals surface area contributed by atoms with Crippen LogP contribution >= 0.6 is 0 Å². The molecule has 0 spiro atoms. The Labute approximate surface area is 178 Å². The fourth-order valence-corrected chi connectivity index (χ4v) is 3.75. The molecule has 0 fully saturated rings. The van der Waals surface area contributed by atoms with Crippen molar-refractivity contribution in [1.29, 1.82) is 0 Å². The SMILES string of the molecule is COC(=O)C1=C(C)N(c2ccc([N+](=O)[O-])cc2)C(=O)/C1=C\c1cccc2ccccc12. The molecule has 154 valence electrons. The smallest absolute Gasteiger partial charge is 0.340 e. The lowest BCUT2D eigenvalue weighted by molar-refractivity contribution is -0.384. The van der Waals surface area contributed by atoms with Gasteiger partial charge in [-0.2, -0.15) is 0 Å². The van der Waals surface area contributed by atoms with Gasteiger partial charge in [-0.25, -0.2) is 4.79 Å². The van der Waals surface area contributed by atoms with Crippen molar-refractivity contribution in [3.05, 3.63) is 99.3 Å². The first-order valence-electron chi connectivity index (χ1n) is 9.50. The van der Waals surface area contributed by atoms with Crippen LogP contribution in [-0.2, 0) is 14.3 Å². The Morgan fingerprint density at radius 2 is 1.71 bits per heavy atom. The quantitative estimate of drug-likeness (QED) is 0.269. The Morgan fingerprint density at radius 3 is 2.39 bits per heavy atom. The third-order valence-electron chi connectivity index (χ3n) is 5.23. The van der Waals surface area contributed by atoms with E-state index in [9.17, 15) is 19.7 Å². The summed E-state index contributed by atoms with van der Waals surface area (Å²) in [5.41, 5.74) is 1.91. The highest BCUT2D eigenvalue weighted by Crippen LogP contribution is 2.36. The van der Waals surface area contributed by atoms with E-state index in [1.807, 2.05) is 42.5 Å². The molecule has 0 unspecified atom stereocenters. The molecule has 4 rings (SSSR count). The van der Waals surface area contributed by atoms with Gasteiger partial charge in [0.1, 0.15) is 0 Å². The average molecular weight is 414 g/mol. The number of non-ortho nitro benzene ring substituents is 1. The zero-order valence-electron chi connectivity index (χ0n) is 16.9. The van der Waals surface area contributed by atoms with E-state index in [4.69, 9.17) is 4.74 Å². The van der Waals surface area contributed by atoms with Crippen LogP contribution in [0.3, 0.4) is 0 Å². The number of methoxy groups -OCH3 is 1. The summed E-state index contributed by atoms with van der Waals surface area (Å²) in [6.45, 7) is 1.65. The third kappa shape index (κ3) is 3.46. The van der Waals surface area contributed by atoms with Crippen LogP contribution in [0.4, 0.5) is 11.4 Å². The molecule has 1 aliphatic rings. The van der Waals surface area contributed by atoms with Crippen LogP contribution in [0, 0.1) is 10.1 Å². The maximum absolute atomic E-state index is 13.4. The van der Waals surface area contributed by atoms with Crippen LogP contribution in [0.15, 0.2) is 83.6 Å². The molecule has 0 bridgehead atoms. The predicted octanol–water partition coefficient (Wildman–Crippen LogP) is 4.63. The normalized spacial score (nSPS) is 15.1. The number of carbonyl (C=O) groups excluding carboxylic acids is 2. The molecule has 1 aliphatic heterocycles. The molecule has 0 saturated heterocycles. The standard InChI is InChI=1S/C24H18N2O5/c1-15-22(24(28)31-2)21(14-17-8-5-7-16-6-3-4-9-20(16)17)23(27)25(15)18-10-12-19(13-11-18)26(29)30/h3-14H,1-2H3/b21-14-. The number of nitrogens with zero attached hydrogens (tertiary/aromatic N) is 2. The van der Waals surface area contributed by atoms with Gasteiger partial charge in [0.2, 0.25) is 0 Å². The van der Waals surface area contributed by atoms with E-state index < -0.39 is 16.8 Å². The molecule has 0 saturated carbocycles. The number of benzene rings is 3. The van der Waals surface area contributed by atoms with Gasteiger partial charge in [-0.3, -0.25) is 19.8 Å². The summed E-state index contributed by atoms with van der Waals surface area (Å²) >= 11 is 0. The van der Waals surface area contributed by atoms with Crippen molar-refractivity contribution in [2.75, 3.05) is 12.0 Å². The second-order valence-electron chi connectivity index (χ2n) is 6.99. The number of hydrogen-bond donors (Lipinski definition) is 0. The lowest BCUT2D eigenvalue weighted by atomic mass is 9.99. The Morgan fingerprint density at radius 1 is 1.03 bits per heavy atom. The van der Waals surface area contributed by atoms with E-state index in [1.54, 1.807) is 13.0 Å². The van der Waals surface area contributed by atoms with Crippen LogP contribution in [0.5, 0.6) is 0 Å². The summed E-state index contributed by atoms with van der Waals surface area (Å²) in [5, 5.41) is 12.9. The van der Waals surface area contributed by atoms with Gasteiger partial charge < -0.3 is 4.74 Å². The average Bonchev–Trinajstić information content (AvgIpc) is 3.03. The third-order valence-corrected chi connectivity index (χ3v) is 5.23. The van der Waals surface area contributed by atoms with Gasteiger partial charge in [0.15, 0.2) is 0 Å². The second kappa shape index (κ2) is 7.87. The predicted molar refractivity (Wildman–Crippen MR) is 117 cm³/mol. The maximum atomic E-state index is 13.4. The molecule has 1 amide bonds. The summed E-state index contributed by atoms with van der Waals surface area (Å²) < 4.78 is 4.94. The number of esters is 1. The summed E-state index contributed by atoms with van der Waals surface area (Å²) in [7, 11) is 1.26. The van der Waals surface area contributed by atoms with Gasteiger partial charge in [-0.05, 0) is 41.5 Å². The monoisotopic (exact) mass is 414 g/mol.